The van der Waals surface area contributed by atoms with E-state index in [1.807, 2.05) is 0 Å². The predicted molar refractivity (Wildman–Crippen MR) is 187 cm³/mol. The number of nitrogens with zero attached hydrogens (tertiary/aromatic N) is 12. The highest BCUT2D eigenvalue weighted by Gasteiger charge is 2.80. The first kappa shape index (κ1) is 37.1. The summed E-state index contributed by atoms with van der Waals surface area (Å²) in [5.74, 6) is -4.52. The van der Waals surface area contributed by atoms with Crippen LogP contribution >= 0.6 is 0 Å². The van der Waals surface area contributed by atoms with Gasteiger partial charge < -0.3 is 39.2 Å². The highest BCUT2D eigenvalue weighted by atomic mass is 16.4. The molecule has 24 nitrogen and oxygen atoms in total. The molecule has 6 aromatic heterocycles. The highest BCUT2D eigenvalue weighted by molar-refractivity contribution is 5.85. The van der Waals surface area contributed by atoms with Crippen molar-refractivity contribution in [2.45, 2.75) is 35.2 Å². The van der Waals surface area contributed by atoms with Crippen LogP contribution in [0.3, 0.4) is 0 Å². The molecular formula is C31H36N12O12. The molecule has 24 heteroatoms. The van der Waals surface area contributed by atoms with Gasteiger partial charge in [0.2, 0.25) is 0 Å². The number of aliphatic hydroxyl groups is 4. The van der Waals surface area contributed by atoms with Gasteiger partial charge in [0, 0.05) is 69.8 Å². The fourth-order valence-electron chi connectivity index (χ4n) is 8.31. The summed E-state index contributed by atoms with van der Waals surface area (Å²) in [6.07, 6.45) is -6.16. The first-order valence-corrected chi connectivity index (χ1v) is 16.4. The maximum atomic E-state index is 13.8. The van der Waals surface area contributed by atoms with Crippen molar-refractivity contribution < 1.29 is 30.3 Å². The number of aromatic nitrogens is 12. The number of aryl methyl sites for hydroxylation is 6. The van der Waals surface area contributed by atoms with Gasteiger partial charge in [0.25, 0.3) is 16.7 Å². The molecule has 0 aliphatic heterocycles. The zero-order valence-electron chi connectivity index (χ0n) is 30.8. The summed E-state index contributed by atoms with van der Waals surface area (Å²) in [7, 11) is 10.7. The number of carbonyl (C=O) groups is 1. The lowest BCUT2D eigenvalue weighted by atomic mass is 9.51. The Bertz CT molecular complexity index is 2990. The Morgan fingerprint density at radius 3 is 1.18 bits per heavy atom. The Hall–Kier alpha value is -6.24. The van der Waals surface area contributed by atoms with Crippen LogP contribution in [0.25, 0.3) is 33.5 Å². The Balaban J connectivity index is 1.87. The van der Waals surface area contributed by atoms with Gasteiger partial charge in [0.05, 0.1) is 6.10 Å². The average molecular weight is 769 g/mol. The molecule has 1 saturated carbocycles. The zero-order chi connectivity index (χ0) is 40.9. The molecule has 1 aliphatic carbocycles. The van der Waals surface area contributed by atoms with Crippen LogP contribution < -0.4 is 33.7 Å². The van der Waals surface area contributed by atoms with Crippen molar-refractivity contribution in [1.29, 1.82) is 0 Å². The van der Waals surface area contributed by atoms with Gasteiger partial charge in [-0.15, -0.1) is 0 Å². The highest BCUT2D eigenvalue weighted by Crippen LogP contribution is 2.60. The molecule has 55 heavy (non-hydrogen) atoms. The van der Waals surface area contributed by atoms with E-state index in [0.717, 1.165) is 48.5 Å². The summed E-state index contributed by atoms with van der Waals surface area (Å²) >= 11 is 0. The van der Waals surface area contributed by atoms with Crippen molar-refractivity contribution in [3.05, 3.63) is 80.0 Å². The summed E-state index contributed by atoms with van der Waals surface area (Å²) < 4.78 is 7.73. The third-order valence-corrected chi connectivity index (χ3v) is 11.3. The third-order valence-electron chi connectivity index (χ3n) is 11.3. The zero-order valence-corrected chi connectivity index (χ0v) is 30.8. The topological polar surface area (TPSA) is 304 Å². The quantitative estimate of drug-likeness (QED) is 0.111. The van der Waals surface area contributed by atoms with Crippen LogP contribution in [0.5, 0.6) is 0 Å². The van der Waals surface area contributed by atoms with E-state index >= 15 is 0 Å². The molecule has 1 aliphatic rings. The van der Waals surface area contributed by atoms with Crippen molar-refractivity contribution in [3.8, 4) is 0 Å². The fourth-order valence-corrected chi connectivity index (χ4v) is 8.31. The van der Waals surface area contributed by atoms with E-state index in [4.69, 9.17) is 0 Å². The van der Waals surface area contributed by atoms with E-state index in [1.165, 1.54) is 42.3 Å². The molecule has 0 aromatic carbocycles. The SMILES string of the molecule is Cn1c(=O)c2c(nc(C3(c4nc5c(c(=O)n(C)c(=O)n5C)n4C)C(O)(C(=O)O)C[C@@H](O)C(O)[C@]3(O)c3nc4c(c(=O)n(C)c(=O)n4C)n3C)n2C)n(C)c1=O. The van der Waals surface area contributed by atoms with Gasteiger partial charge in [0.15, 0.2) is 50.1 Å². The molecule has 0 saturated heterocycles. The fraction of sp³-hybridized carbons (Fsp3) is 0.484. The van der Waals surface area contributed by atoms with Gasteiger partial charge in [-0.05, 0) is 0 Å². The molecule has 6 heterocycles. The lowest BCUT2D eigenvalue weighted by Crippen LogP contribution is -2.78. The van der Waals surface area contributed by atoms with Crippen molar-refractivity contribution in [3.63, 3.8) is 0 Å². The molecule has 0 spiro atoms. The Labute approximate surface area is 304 Å². The first-order chi connectivity index (χ1) is 25.5. The van der Waals surface area contributed by atoms with Crippen molar-refractivity contribution in [1.82, 2.24) is 56.1 Å². The molecule has 0 radical (unpaired) electrons. The first-order valence-electron chi connectivity index (χ1n) is 16.4. The van der Waals surface area contributed by atoms with Crippen LogP contribution in [0.4, 0.5) is 0 Å². The van der Waals surface area contributed by atoms with E-state index in [9.17, 15) is 59.1 Å². The van der Waals surface area contributed by atoms with E-state index < -0.39 is 104 Å². The molecule has 6 aromatic rings. The lowest BCUT2D eigenvalue weighted by molar-refractivity contribution is -0.262. The number of carboxylic acid groups (broad SMARTS) is 1. The van der Waals surface area contributed by atoms with Gasteiger partial charge in [-0.2, -0.15) is 0 Å². The minimum atomic E-state index is -3.58. The average Bonchev–Trinajstić information content (AvgIpc) is 3.80. The van der Waals surface area contributed by atoms with Gasteiger partial charge in [-0.3, -0.25) is 41.8 Å². The Morgan fingerprint density at radius 1 is 0.545 bits per heavy atom. The number of hydrogen-bond acceptors (Lipinski definition) is 14. The molecule has 4 atom stereocenters. The van der Waals surface area contributed by atoms with Crippen molar-refractivity contribution in [2.75, 3.05) is 0 Å². The number of aliphatic carboxylic acids is 1. The molecule has 292 valence electrons. The van der Waals surface area contributed by atoms with Crippen LogP contribution in [0, 0.1) is 0 Å². The van der Waals surface area contributed by atoms with E-state index in [2.05, 4.69) is 15.0 Å². The van der Waals surface area contributed by atoms with Gasteiger partial charge in [0.1, 0.15) is 23.6 Å². The maximum Gasteiger partial charge on any atom is 0.337 e. The molecule has 5 N–H and O–H groups in total. The van der Waals surface area contributed by atoms with Gasteiger partial charge >= 0.3 is 23.0 Å². The molecule has 2 unspecified atom stereocenters. The molecule has 7 rings (SSSR count). The summed E-state index contributed by atoms with van der Waals surface area (Å²) in [5.41, 5.74) is -18.3. The normalized spacial score (nSPS) is 22.7. The smallest absolute Gasteiger partial charge is 0.337 e. The third kappa shape index (κ3) is 3.97. The van der Waals surface area contributed by atoms with Gasteiger partial charge in [-0.1, -0.05) is 0 Å². The number of aliphatic hydroxyl groups excluding tert-OH is 2. The summed E-state index contributed by atoms with van der Waals surface area (Å²) in [6, 6.07) is 0. The summed E-state index contributed by atoms with van der Waals surface area (Å²) in [5, 5.41) is 61.4. The molecule has 1 fully saturated rings. The standard InChI is InChI=1S/C31H36N12O12/c1-35-12-16(38(4)26(51)41(7)19(12)46)32-22(35)30(23-33-17-13(36(23)2)20(47)42(8)27(52)39(17)5)29(54,25(49)50)10-11(44)15(45)31(30,55)24-34-18-14(37(24)3)21(48)43(9)28(53)40(18)6/h11,15,44-45,54-55H,10H2,1-9H3,(H,49,50)/t11-,15?,29?,31+/m1/s1. The minimum absolute atomic E-state index is 0.365. The second-order valence-corrected chi connectivity index (χ2v) is 14.0. The largest absolute Gasteiger partial charge is 0.479 e. The number of hydrogen-bond donors (Lipinski definition) is 5. The number of rotatable bonds is 4. The Kier molecular flexibility index (Phi) is 7.52. The second kappa shape index (κ2) is 11.2. The number of imidazole rings is 3. The van der Waals surface area contributed by atoms with Crippen LogP contribution in [0.2, 0.25) is 0 Å². The van der Waals surface area contributed by atoms with Crippen LogP contribution in [0.15, 0.2) is 28.8 Å². The monoisotopic (exact) mass is 768 g/mol. The van der Waals surface area contributed by atoms with Gasteiger partial charge in [-0.25, -0.2) is 34.1 Å². The molecule has 0 bridgehead atoms. The van der Waals surface area contributed by atoms with Crippen molar-refractivity contribution >= 4 is 39.5 Å². The number of fused-ring (bicyclic) bond motifs is 3. The number of carboxylic acids is 1. The molecular weight excluding hydrogens is 732 g/mol. The van der Waals surface area contributed by atoms with Crippen molar-refractivity contribution in [2.24, 2.45) is 63.4 Å². The van der Waals surface area contributed by atoms with E-state index in [0.29, 0.717) is 13.7 Å². The molecule has 0 amide bonds. The Morgan fingerprint density at radius 2 is 0.855 bits per heavy atom. The minimum Gasteiger partial charge on any atom is -0.479 e. The van der Waals surface area contributed by atoms with Crippen LogP contribution in [0.1, 0.15) is 23.9 Å². The summed E-state index contributed by atoms with van der Waals surface area (Å²) in [4.78, 5) is 108. The van der Waals surface area contributed by atoms with E-state index in [-0.39, 0.29) is 22.2 Å². The predicted octanol–water partition coefficient (Wildman–Crippen LogP) is -6.35. The lowest BCUT2D eigenvalue weighted by Gasteiger charge is -2.57. The maximum absolute atomic E-state index is 13.8. The second-order valence-electron chi connectivity index (χ2n) is 14.0. The van der Waals surface area contributed by atoms with Crippen LogP contribution in [-0.4, -0.2) is 105 Å². The summed E-state index contributed by atoms with van der Waals surface area (Å²) in [6.45, 7) is 0. The van der Waals surface area contributed by atoms with Crippen LogP contribution in [-0.2, 0) is 79.2 Å². The van der Waals surface area contributed by atoms with E-state index in [1.54, 1.807) is 0 Å².